The van der Waals surface area contributed by atoms with Gasteiger partial charge < -0.3 is 9.90 Å². The molecule has 0 radical (unpaired) electrons. The van der Waals surface area contributed by atoms with Crippen LogP contribution in [0.2, 0.25) is 0 Å². The van der Waals surface area contributed by atoms with Crippen molar-refractivity contribution in [2.75, 3.05) is 6.54 Å². The summed E-state index contributed by atoms with van der Waals surface area (Å²) >= 11 is 0. The Labute approximate surface area is 184 Å². The van der Waals surface area contributed by atoms with E-state index in [9.17, 15) is 9.90 Å². The Morgan fingerprint density at radius 1 is 0.846 bits per heavy atom. The van der Waals surface area contributed by atoms with Gasteiger partial charge in [0, 0.05) is 18.6 Å². The minimum Gasteiger partial charge on any atom is -0.549 e. The topological polar surface area (TPSA) is 43.4 Å². The number of unbranched alkanes of at least 4 members (excludes halogenated alkanes) is 6. The first-order valence-corrected chi connectivity index (χ1v) is 10.2. The van der Waals surface area contributed by atoms with E-state index in [1.807, 2.05) is 0 Å². The van der Waals surface area contributed by atoms with Gasteiger partial charge in [-0.3, -0.25) is 4.90 Å². The number of carboxylic acid groups (broad SMARTS) is 1. The van der Waals surface area contributed by atoms with Crippen LogP contribution in [0.4, 0.5) is 0 Å². The quantitative estimate of drug-likeness (QED) is 0.236. The summed E-state index contributed by atoms with van der Waals surface area (Å²) in [6, 6.07) is 0.607. The van der Waals surface area contributed by atoms with Crippen LogP contribution in [0.15, 0.2) is 24.3 Å². The second-order valence-electron chi connectivity index (χ2n) is 7.16. The molecule has 0 saturated carbocycles. The summed E-state index contributed by atoms with van der Waals surface area (Å²) in [6.45, 7) is 8.50. The van der Waals surface area contributed by atoms with Crippen LogP contribution < -0.4 is 34.7 Å². The molecule has 146 valence electrons. The summed E-state index contributed by atoms with van der Waals surface area (Å²) in [5, 5.41) is 11.1. The van der Waals surface area contributed by atoms with E-state index in [1.165, 1.54) is 38.5 Å². The Hall–Kier alpha value is -0.0900. The molecule has 0 amide bonds. The molecular formula is C22H40NNaO2. The smallest absolute Gasteiger partial charge is 0.549 e. The van der Waals surface area contributed by atoms with E-state index in [1.54, 1.807) is 0 Å². The Kier molecular flexibility index (Phi) is 21.3. The molecule has 0 saturated heterocycles. The summed E-state index contributed by atoms with van der Waals surface area (Å²) in [4.78, 5) is 13.3. The zero-order valence-corrected chi connectivity index (χ0v) is 20.0. The maximum Gasteiger partial charge on any atom is 1.00 e. The monoisotopic (exact) mass is 373 g/mol. The molecule has 0 N–H and O–H groups in total. The van der Waals surface area contributed by atoms with Crippen LogP contribution in [0, 0.1) is 0 Å². The van der Waals surface area contributed by atoms with Gasteiger partial charge in [-0.05, 0) is 66.2 Å². The number of carboxylic acids is 1. The van der Waals surface area contributed by atoms with Crippen molar-refractivity contribution in [1.82, 2.24) is 4.90 Å². The normalized spacial score (nSPS) is 14.0. The van der Waals surface area contributed by atoms with Crippen molar-refractivity contribution < 1.29 is 39.5 Å². The number of aliphatic carboxylic acids is 1. The van der Waals surface area contributed by atoms with E-state index in [2.05, 4.69) is 56.9 Å². The minimum atomic E-state index is -0.958. The number of carbonyl (C=O) groups is 1. The Morgan fingerprint density at radius 3 is 1.62 bits per heavy atom. The second kappa shape index (κ2) is 19.7. The van der Waals surface area contributed by atoms with Crippen molar-refractivity contribution in [3.63, 3.8) is 0 Å². The van der Waals surface area contributed by atoms with Gasteiger partial charge in [0.05, 0.1) is 5.97 Å². The van der Waals surface area contributed by atoms with E-state index in [0.29, 0.717) is 12.1 Å². The zero-order valence-electron chi connectivity index (χ0n) is 18.0. The van der Waals surface area contributed by atoms with E-state index in [0.717, 1.165) is 25.7 Å². The molecule has 0 bridgehead atoms. The van der Waals surface area contributed by atoms with Crippen LogP contribution in [-0.2, 0) is 4.79 Å². The van der Waals surface area contributed by atoms with Gasteiger partial charge in [-0.2, -0.15) is 0 Å². The summed E-state index contributed by atoms with van der Waals surface area (Å²) in [6.07, 6.45) is 20.3. The zero-order chi connectivity index (χ0) is 18.9. The molecule has 0 aromatic heterocycles. The third-order valence-electron chi connectivity index (χ3n) is 4.90. The van der Waals surface area contributed by atoms with Gasteiger partial charge in [0.1, 0.15) is 0 Å². The third kappa shape index (κ3) is 16.1. The molecule has 0 aliphatic rings. The van der Waals surface area contributed by atoms with Gasteiger partial charge in [0.25, 0.3) is 0 Å². The fourth-order valence-electron chi connectivity index (χ4n) is 3.32. The molecule has 2 unspecified atom stereocenters. The van der Waals surface area contributed by atoms with Crippen LogP contribution in [0.1, 0.15) is 91.9 Å². The molecule has 0 spiro atoms. The van der Waals surface area contributed by atoms with E-state index < -0.39 is 5.97 Å². The first-order chi connectivity index (χ1) is 12.0. The van der Waals surface area contributed by atoms with Crippen molar-refractivity contribution >= 4 is 5.97 Å². The van der Waals surface area contributed by atoms with Crippen molar-refractivity contribution in [3.05, 3.63) is 24.3 Å². The summed E-state index contributed by atoms with van der Waals surface area (Å²) in [5.41, 5.74) is 0. The second-order valence-corrected chi connectivity index (χ2v) is 7.16. The van der Waals surface area contributed by atoms with Crippen molar-refractivity contribution in [2.24, 2.45) is 0 Å². The van der Waals surface area contributed by atoms with Gasteiger partial charge in [-0.25, -0.2) is 0 Å². The van der Waals surface area contributed by atoms with Gasteiger partial charge in [0.2, 0.25) is 0 Å². The summed E-state index contributed by atoms with van der Waals surface area (Å²) < 4.78 is 0. The van der Waals surface area contributed by atoms with Crippen molar-refractivity contribution in [1.29, 1.82) is 0 Å². The molecule has 0 aliphatic carbocycles. The Bertz CT molecular complexity index is 354. The van der Waals surface area contributed by atoms with E-state index >= 15 is 0 Å². The first-order valence-electron chi connectivity index (χ1n) is 10.2. The molecular weight excluding hydrogens is 333 g/mol. The number of rotatable bonds is 16. The van der Waals surface area contributed by atoms with Crippen LogP contribution >= 0.6 is 0 Å². The number of hydrogen-bond acceptors (Lipinski definition) is 3. The molecule has 3 nitrogen and oxygen atoms in total. The molecule has 0 aromatic rings. The minimum absolute atomic E-state index is 0. The van der Waals surface area contributed by atoms with E-state index in [4.69, 9.17) is 0 Å². The number of allylic oxidation sites excluding steroid dienone is 4. The number of nitrogens with zero attached hydrogens (tertiary/aromatic N) is 1. The fraction of sp³-hybridized carbons (Fsp3) is 0.773. The van der Waals surface area contributed by atoms with Crippen LogP contribution in [0.25, 0.3) is 0 Å². The Balaban J connectivity index is 0. The molecule has 2 atom stereocenters. The molecule has 0 heterocycles. The van der Waals surface area contributed by atoms with Gasteiger partial charge in [0.15, 0.2) is 0 Å². The standard InChI is InChI=1S/C22H41NO2.Na/c1-5-7-9-11-13-15-17-20(3)23(19-22(24)25)21(4)18-16-14-12-10-8-6-2;/h5-8,20-21H,9-19H2,1-4H3,(H,24,25);/q;+1/p-1/b7-5+,8-6+;. The molecule has 0 aliphatic heterocycles. The summed E-state index contributed by atoms with van der Waals surface area (Å²) in [7, 11) is 0. The van der Waals surface area contributed by atoms with Crippen molar-refractivity contribution in [2.45, 2.75) is 104 Å². The average Bonchev–Trinajstić information content (AvgIpc) is 2.58. The SMILES string of the molecule is C/C=C/CCCCCC(C)N(CC(=O)[O-])C(C)CCCCC/C=C/C.[Na+]. The van der Waals surface area contributed by atoms with E-state index in [-0.39, 0.29) is 36.1 Å². The Morgan fingerprint density at radius 2 is 1.27 bits per heavy atom. The summed E-state index contributed by atoms with van der Waals surface area (Å²) in [5.74, 6) is -0.958. The average molecular weight is 374 g/mol. The maximum atomic E-state index is 11.1. The number of hydrogen-bond donors (Lipinski definition) is 0. The molecule has 0 aromatic carbocycles. The van der Waals surface area contributed by atoms with Gasteiger partial charge in [-0.1, -0.05) is 50.0 Å². The fourth-order valence-corrected chi connectivity index (χ4v) is 3.32. The van der Waals surface area contributed by atoms with Crippen LogP contribution in [-0.4, -0.2) is 29.5 Å². The van der Waals surface area contributed by atoms with Crippen LogP contribution in [0.5, 0.6) is 0 Å². The van der Waals surface area contributed by atoms with Gasteiger partial charge in [-0.15, -0.1) is 0 Å². The molecule has 0 rings (SSSR count). The maximum absolute atomic E-state index is 11.1. The molecule has 26 heavy (non-hydrogen) atoms. The van der Waals surface area contributed by atoms with Crippen molar-refractivity contribution in [3.8, 4) is 0 Å². The van der Waals surface area contributed by atoms with Gasteiger partial charge >= 0.3 is 29.6 Å². The molecule has 4 heteroatoms. The molecule has 0 fully saturated rings. The predicted octanol–water partition coefficient (Wildman–Crippen LogP) is 1.87. The van der Waals surface area contributed by atoms with Crippen LogP contribution in [0.3, 0.4) is 0 Å². The first kappa shape index (κ1) is 28.1. The number of carbonyl (C=O) groups excluding carboxylic acids is 1. The predicted molar refractivity (Wildman–Crippen MR) is 106 cm³/mol. The third-order valence-corrected chi connectivity index (χ3v) is 4.90. The largest absolute Gasteiger partial charge is 1.00 e.